The Hall–Kier alpha value is -1.64. The van der Waals surface area contributed by atoms with Crippen molar-refractivity contribution in [2.45, 2.75) is 58.9 Å². The molecule has 2 aromatic carbocycles. The highest BCUT2D eigenvalue weighted by molar-refractivity contribution is 5.37. The van der Waals surface area contributed by atoms with Gasteiger partial charge in [-0.2, -0.15) is 0 Å². The molecule has 0 fully saturated rings. The van der Waals surface area contributed by atoms with Crippen LogP contribution in [0, 0.1) is 0 Å². The molecule has 0 radical (unpaired) electrons. The lowest BCUT2D eigenvalue weighted by Crippen LogP contribution is -2.32. The van der Waals surface area contributed by atoms with Gasteiger partial charge in [-0.1, -0.05) is 42.5 Å². The molecule has 2 aliphatic heterocycles. The summed E-state index contributed by atoms with van der Waals surface area (Å²) in [4.78, 5) is 5.18. The van der Waals surface area contributed by atoms with E-state index in [0.29, 0.717) is 12.1 Å². The van der Waals surface area contributed by atoms with E-state index in [1.54, 1.807) is 0 Å². The standard InChI is InChI=1S/C22H28N2/c1-16(2)24-14-21-9-8-19(12-22(21)15-24)17(3)23-11-10-18-6-4-5-7-20(18)13-23/h4-9,12,16-17H,10-11,13-15H2,1-3H3. The maximum Gasteiger partial charge on any atom is 0.0323 e. The van der Waals surface area contributed by atoms with E-state index < -0.39 is 0 Å². The molecule has 1 unspecified atom stereocenters. The molecule has 4 rings (SSSR count). The molecular formula is C22H28N2. The molecule has 0 aliphatic carbocycles. The van der Waals surface area contributed by atoms with E-state index in [4.69, 9.17) is 0 Å². The lowest BCUT2D eigenvalue weighted by molar-refractivity contribution is 0.192. The predicted octanol–water partition coefficient (Wildman–Crippen LogP) is 4.53. The van der Waals surface area contributed by atoms with Crippen molar-refractivity contribution in [2.75, 3.05) is 6.54 Å². The lowest BCUT2D eigenvalue weighted by atomic mass is 9.96. The molecule has 0 aromatic heterocycles. The minimum atomic E-state index is 0.483. The summed E-state index contributed by atoms with van der Waals surface area (Å²) in [6.07, 6.45) is 1.17. The maximum absolute atomic E-state index is 2.62. The molecule has 126 valence electrons. The van der Waals surface area contributed by atoms with Crippen LogP contribution in [0.15, 0.2) is 42.5 Å². The third kappa shape index (κ3) is 2.89. The van der Waals surface area contributed by atoms with Crippen LogP contribution in [0.1, 0.15) is 54.6 Å². The van der Waals surface area contributed by atoms with Gasteiger partial charge in [-0.15, -0.1) is 0 Å². The number of benzene rings is 2. The zero-order valence-electron chi connectivity index (χ0n) is 15.1. The van der Waals surface area contributed by atoms with E-state index in [0.717, 1.165) is 26.2 Å². The number of rotatable bonds is 3. The summed E-state index contributed by atoms with van der Waals surface area (Å²) in [6, 6.07) is 17.2. The predicted molar refractivity (Wildman–Crippen MR) is 99.8 cm³/mol. The summed E-state index contributed by atoms with van der Waals surface area (Å²) in [5.41, 5.74) is 7.55. The Morgan fingerprint density at radius 1 is 0.750 bits per heavy atom. The Labute approximate surface area is 146 Å². The van der Waals surface area contributed by atoms with Crippen molar-refractivity contribution in [3.63, 3.8) is 0 Å². The van der Waals surface area contributed by atoms with Gasteiger partial charge in [0.1, 0.15) is 0 Å². The molecule has 0 amide bonds. The Morgan fingerprint density at radius 2 is 1.42 bits per heavy atom. The van der Waals surface area contributed by atoms with Crippen LogP contribution in [0.3, 0.4) is 0 Å². The van der Waals surface area contributed by atoms with Crippen molar-refractivity contribution in [3.8, 4) is 0 Å². The van der Waals surface area contributed by atoms with Gasteiger partial charge < -0.3 is 0 Å². The molecule has 2 heterocycles. The summed E-state index contributed by atoms with van der Waals surface area (Å²) in [5, 5.41) is 0. The molecule has 0 saturated carbocycles. The van der Waals surface area contributed by atoms with Crippen LogP contribution in [0.5, 0.6) is 0 Å². The first kappa shape index (κ1) is 15.9. The average Bonchev–Trinajstić information content (AvgIpc) is 3.04. The van der Waals surface area contributed by atoms with Crippen LogP contribution < -0.4 is 0 Å². The molecule has 0 N–H and O–H groups in total. The average molecular weight is 320 g/mol. The van der Waals surface area contributed by atoms with Gasteiger partial charge in [0.25, 0.3) is 0 Å². The first-order valence-electron chi connectivity index (χ1n) is 9.28. The van der Waals surface area contributed by atoms with Crippen LogP contribution in [0.25, 0.3) is 0 Å². The van der Waals surface area contributed by atoms with Crippen molar-refractivity contribution in [3.05, 3.63) is 70.3 Å². The fraction of sp³-hybridized carbons (Fsp3) is 0.455. The number of hydrogen-bond acceptors (Lipinski definition) is 2. The molecule has 2 nitrogen and oxygen atoms in total. The summed E-state index contributed by atoms with van der Waals surface area (Å²) in [6.45, 7) is 11.4. The van der Waals surface area contributed by atoms with E-state index in [9.17, 15) is 0 Å². The van der Waals surface area contributed by atoms with E-state index in [1.807, 2.05) is 0 Å². The molecule has 2 aliphatic rings. The second kappa shape index (κ2) is 6.34. The number of hydrogen-bond donors (Lipinski definition) is 0. The first-order valence-corrected chi connectivity index (χ1v) is 9.28. The van der Waals surface area contributed by atoms with Gasteiger partial charge >= 0.3 is 0 Å². The molecule has 0 spiro atoms. The van der Waals surface area contributed by atoms with Crippen molar-refractivity contribution in [1.29, 1.82) is 0 Å². The van der Waals surface area contributed by atoms with E-state index in [2.05, 4.69) is 73.0 Å². The van der Waals surface area contributed by atoms with Crippen LogP contribution in [-0.2, 0) is 26.1 Å². The summed E-state index contributed by atoms with van der Waals surface area (Å²) in [5.74, 6) is 0. The van der Waals surface area contributed by atoms with Crippen LogP contribution >= 0.6 is 0 Å². The molecule has 24 heavy (non-hydrogen) atoms. The van der Waals surface area contributed by atoms with Crippen LogP contribution in [-0.4, -0.2) is 22.4 Å². The minimum absolute atomic E-state index is 0.483. The van der Waals surface area contributed by atoms with Gasteiger partial charge in [0.2, 0.25) is 0 Å². The molecule has 0 saturated heterocycles. The van der Waals surface area contributed by atoms with Gasteiger partial charge in [-0.3, -0.25) is 9.80 Å². The Kier molecular flexibility index (Phi) is 4.19. The Morgan fingerprint density at radius 3 is 2.21 bits per heavy atom. The topological polar surface area (TPSA) is 6.48 Å². The van der Waals surface area contributed by atoms with Gasteiger partial charge in [0.15, 0.2) is 0 Å². The van der Waals surface area contributed by atoms with Crippen molar-refractivity contribution in [1.82, 2.24) is 9.80 Å². The van der Waals surface area contributed by atoms with E-state index in [-0.39, 0.29) is 0 Å². The zero-order valence-corrected chi connectivity index (χ0v) is 15.1. The Balaban J connectivity index is 1.52. The molecule has 1 atom stereocenters. The van der Waals surface area contributed by atoms with Gasteiger partial charge in [0, 0.05) is 38.3 Å². The van der Waals surface area contributed by atoms with Gasteiger partial charge in [0.05, 0.1) is 0 Å². The third-order valence-electron chi connectivity index (χ3n) is 5.90. The maximum atomic E-state index is 2.62. The Bertz CT molecular complexity index is 734. The molecule has 2 aromatic rings. The van der Waals surface area contributed by atoms with Crippen molar-refractivity contribution < 1.29 is 0 Å². The van der Waals surface area contributed by atoms with Gasteiger partial charge in [-0.05, 0) is 55.0 Å². The lowest BCUT2D eigenvalue weighted by Gasteiger charge is -2.34. The van der Waals surface area contributed by atoms with Crippen molar-refractivity contribution >= 4 is 0 Å². The van der Waals surface area contributed by atoms with Gasteiger partial charge in [-0.25, -0.2) is 0 Å². The van der Waals surface area contributed by atoms with Crippen LogP contribution in [0.4, 0.5) is 0 Å². The third-order valence-corrected chi connectivity index (χ3v) is 5.90. The highest BCUT2D eigenvalue weighted by Crippen LogP contribution is 2.31. The number of fused-ring (bicyclic) bond motifs is 2. The highest BCUT2D eigenvalue weighted by atomic mass is 15.2. The first-order chi connectivity index (χ1) is 11.6. The highest BCUT2D eigenvalue weighted by Gasteiger charge is 2.25. The summed E-state index contributed by atoms with van der Waals surface area (Å²) < 4.78 is 0. The molecule has 0 bridgehead atoms. The summed E-state index contributed by atoms with van der Waals surface area (Å²) >= 11 is 0. The van der Waals surface area contributed by atoms with Crippen LogP contribution in [0.2, 0.25) is 0 Å². The largest absolute Gasteiger partial charge is 0.292 e. The van der Waals surface area contributed by atoms with E-state index in [1.165, 1.54) is 34.2 Å². The monoisotopic (exact) mass is 320 g/mol. The van der Waals surface area contributed by atoms with E-state index >= 15 is 0 Å². The zero-order chi connectivity index (χ0) is 16.7. The second-order valence-corrected chi connectivity index (χ2v) is 7.69. The molecule has 2 heteroatoms. The van der Waals surface area contributed by atoms with Crippen molar-refractivity contribution in [2.24, 2.45) is 0 Å². The normalized spacial score (nSPS) is 19.3. The fourth-order valence-electron chi connectivity index (χ4n) is 4.12. The minimum Gasteiger partial charge on any atom is -0.292 e. The second-order valence-electron chi connectivity index (χ2n) is 7.69. The summed E-state index contributed by atoms with van der Waals surface area (Å²) in [7, 11) is 0. The number of nitrogens with zero attached hydrogens (tertiary/aromatic N) is 2. The SMILES string of the molecule is CC(C)N1Cc2ccc(C(C)N3CCc4ccccc4C3)cc2C1. The quantitative estimate of drug-likeness (QED) is 0.820. The fourth-order valence-corrected chi connectivity index (χ4v) is 4.12. The smallest absolute Gasteiger partial charge is 0.0323 e. The molecular weight excluding hydrogens is 292 g/mol.